The highest BCUT2D eigenvalue weighted by molar-refractivity contribution is 5.85. The van der Waals surface area contributed by atoms with Crippen LogP contribution in [0, 0.1) is 22.7 Å². The lowest BCUT2D eigenvalue weighted by Crippen LogP contribution is -2.52. The summed E-state index contributed by atoms with van der Waals surface area (Å²) < 4.78 is 0. The van der Waals surface area contributed by atoms with E-state index in [1.807, 2.05) is 0 Å². The van der Waals surface area contributed by atoms with Gasteiger partial charge in [0, 0.05) is 12.0 Å². The zero-order valence-corrected chi connectivity index (χ0v) is 7.23. The Morgan fingerprint density at radius 3 is 2.18 bits per heavy atom. The first kappa shape index (κ1) is 8.83. The third-order valence-corrected chi connectivity index (χ3v) is 2.93. The van der Waals surface area contributed by atoms with Crippen molar-refractivity contribution in [1.82, 2.24) is 0 Å². The molecule has 0 aromatic heterocycles. The maximum atomic E-state index is 8.52. The summed E-state index contributed by atoms with van der Waals surface area (Å²) in [6.07, 6.45) is 4.59. The molecule has 2 rings (SSSR count). The van der Waals surface area contributed by atoms with E-state index >= 15 is 0 Å². The number of hydrogen-bond acceptors (Lipinski definition) is 2. The standard InChI is InChI=1S/C8H12N2.ClH/c9-5-6-1-8(2-6)3-7(10)4-8;/h6-7H,1-4,10H2;1H. The summed E-state index contributed by atoms with van der Waals surface area (Å²) in [7, 11) is 0. The largest absolute Gasteiger partial charge is 0.328 e. The summed E-state index contributed by atoms with van der Waals surface area (Å²) in [6.45, 7) is 0. The molecule has 62 valence electrons. The Hall–Kier alpha value is -0.260. The summed E-state index contributed by atoms with van der Waals surface area (Å²) in [4.78, 5) is 0. The van der Waals surface area contributed by atoms with Gasteiger partial charge in [0.05, 0.1) is 6.07 Å². The molecule has 2 fully saturated rings. The minimum absolute atomic E-state index is 0. The number of halogens is 1. The summed E-state index contributed by atoms with van der Waals surface area (Å²) in [5, 5.41) is 8.52. The van der Waals surface area contributed by atoms with Gasteiger partial charge in [-0.15, -0.1) is 12.4 Å². The van der Waals surface area contributed by atoms with E-state index in [2.05, 4.69) is 6.07 Å². The second-order valence-corrected chi connectivity index (χ2v) is 3.90. The van der Waals surface area contributed by atoms with Crippen LogP contribution >= 0.6 is 12.4 Å². The van der Waals surface area contributed by atoms with E-state index in [-0.39, 0.29) is 12.4 Å². The van der Waals surface area contributed by atoms with Gasteiger partial charge in [0.25, 0.3) is 0 Å². The van der Waals surface area contributed by atoms with Crippen LogP contribution in [0.3, 0.4) is 0 Å². The minimum atomic E-state index is 0. The molecule has 0 unspecified atom stereocenters. The molecule has 2 N–H and O–H groups in total. The average Bonchev–Trinajstić information content (AvgIpc) is 1.74. The van der Waals surface area contributed by atoms with Crippen LogP contribution < -0.4 is 5.73 Å². The van der Waals surface area contributed by atoms with Gasteiger partial charge >= 0.3 is 0 Å². The molecule has 2 nitrogen and oxygen atoms in total. The topological polar surface area (TPSA) is 49.8 Å². The van der Waals surface area contributed by atoms with Crippen molar-refractivity contribution in [3.63, 3.8) is 0 Å². The van der Waals surface area contributed by atoms with Crippen molar-refractivity contribution in [3.05, 3.63) is 0 Å². The highest BCUT2D eigenvalue weighted by atomic mass is 35.5. The van der Waals surface area contributed by atoms with Crippen LogP contribution in [-0.2, 0) is 0 Å². The molecule has 0 saturated heterocycles. The van der Waals surface area contributed by atoms with Crippen LogP contribution in [0.15, 0.2) is 0 Å². The Bertz CT molecular complexity index is 183. The molecule has 0 aromatic carbocycles. The Morgan fingerprint density at radius 2 is 1.82 bits per heavy atom. The van der Waals surface area contributed by atoms with Crippen molar-refractivity contribution in [3.8, 4) is 6.07 Å². The number of hydrogen-bond donors (Lipinski definition) is 1. The molecule has 0 amide bonds. The first-order chi connectivity index (χ1) is 4.74. The Labute approximate surface area is 73.2 Å². The average molecular weight is 173 g/mol. The lowest BCUT2D eigenvalue weighted by molar-refractivity contribution is -0.0175. The van der Waals surface area contributed by atoms with Crippen LogP contribution in [0.2, 0.25) is 0 Å². The molecule has 0 atom stereocenters. The van der Waals surface area contributed by atoms with E-state index in [0.29, 0.717) is 17.4 Å². The number of nitrogens with two attached hydrogens (primary N) is 1. The van der Waals surface area contributed by atoms with Crippen molar-refractivity contribution in [2.24, 2.45) is 17.1 Å². The molecule has 2 aliphatic rings. The van der Waals surface area contributed by atoms with E-state index in [1.54, 1.807) is 0 Å². The second-order valence-electron chi connectivity index (χ2n) is 3.90. The van der Waals surface area contributed by atoms with E-state index < -0.39 is 0 Å². The highest BCUT2D eigenvalue weighted by Gasteiger charge is 2.51. The van der Waals surface area contributed by atoms with Crippen LogP contribution in [0.5, 0.6) is 0 Å². The maximum absolute atomic E-state index is 8.52. The zero-order chi connectivity index (χ0) is 7.19. The van der Waals surface area contributed by atoms with Crippen LogP contribution in [0.1, 0.15) is 25.7 Å². The maximum Gasteiger partial charge on any atom is 0.0656 e. The summed E-state index contributed by atoms with van der Waals surface area (Å²) in [6, 6.07) is 2.74. The molecule has 0 aliphatic heterocycles. The van der Waals surface area contributed by atoms with Crippen molar-refractivity contribution in [2.75, 3.05) is 0 Å². The molecule has 0 aromatic rings. The lowest BCUT2D eigenvalue weighted by atomic mass is 9.50. The van der Waals surface area contributed by atoms with Gasteiger partial charge in [-0.3, -0.25) is 0 Å². The fraction of sp³-hybridized carbons (Fsp3) is 0.875. The first-order valence-corrected chi connectivity index (χ1v) is 3.89. The number of nitriles is 1. The molecule has 0 radical (unpaired) electrons. The predicted octanol–water partition coefficient (Wildman–Crippen LogP) is 1.45. The highest BCUT2D eigenvalue weighted by Crippen LogP contribution is 2.57. The van der Waals surface area contributed by atoms with Gasteiger partial charge in [-0.25, -0.2) is 0 Å². The third-order valence-electron chi connectivity index (χ3n) is 2.93. The van der Waals surface area contributed by atoms with E-state index in [9.17, 15) is 0 Å². The molecule has 0 bridgehead atoms. The van der Waals surface area contributed by atoms with Gasteiger partial charge in [0.15, 0.2) is 0 Å². The van der Waals surface area contributed by atoms with Gasteiger partial charge in [0.2, 0.25) is 0 Å². The predicted molar refractivity (Wildman–Crippen MR) is 45.2 cm³/mol. The number of nitrogens with zero attached hydrogens (tertiary/aromatic N) is 1. The van der Waals surface area contributed by atoms with Gasteiger partial charge in [-0.2, -0.15) is 5.26 Å². The van der Waals surface area contributed by atoms with Crippen molar-refractivity contribution in [2.45, 2.75) is 31.7 Å². The Morgan fingerprint density at radius 1 is 1.27 bits per heavy atom. The summed E-state index contributed by atoms with van der Waals surface area (Å²) in [5.74, 6) is 0.354. The van der Waals surface area contributed by atoms with Gasteiger partial charge in [-0.05, 0) is 31.1 Å². The molecule has 0 heterocycles. The monoisotopic (exact) mass is 172 g/mol. The fourth-order valence-corrected chi connectivity index (χ4v) is 2.46. The molecule has 2 aliphatic carbocycles. The quantitative estimate of drug-likeness (QED) is 0.602. The molecule has 2 saturated carbocycles. The smallest absolute Gasteiger partial charge is 0.0656 e. The molecule has 1 spiro atoms. The summed E-state index contributed by atoms with van der Waals surface area (Å²) >= 11 is 0. The zero-order valence-electron chi connectivity index (χ0n) is 6.42. The van der Waals surface area contributed by atoms with Crippen molar-refractivity contribution < 1.29 is 0 Å². The van der Waals surface area contributed by atoms with Crippen LogP contribution in [0.25, 0.3) is 0 Å². The van der Waals surface area contributed by atoms with Crippen LogP contribution in [0.4, 0.5) is 0 Å². The van der Waals surface area contributed by atoms with Crippen molar-refractivity contribution in [1.29, 1.82) is 5.26 Å². The van der Waals surface area contributed by atoms with Crippen LogP contribution in [-0.4, -0.2) is 6.04 Å². The molecule has 11 heavy (non-hydrogen) atoms. The van der Waals surface area contributed by atoms with Crippen molar-refractivity contribution >= 4 is 12.4 Å². The van der Waals surface area contributed by atoms with E-state index in [4.69, 9.17) is 11.0 Å². The fourth-order valence-electron chi connectivity index (χ4n) is 2.46. The van der Waals surface area contributed by atoms with E-state index in [0.717, 1.165) is 12.8 Å². The summed E-state index contributed by atoms with van der Waals surface area (Å²) in [5.41, 5.74) is 6.21. The molecular weight excluding hydrogens is 160 g/mol. The third kappa shape index (κ3) is 1.23. The Kier molecular flexibility index (Phi) is 2.13. The van der Waals surface area contributed by atoms with Gasteiger partial charge < -0.3 is 5.73 Å². The lowest BCUT2D eigenvalue weighted by Gasteiger charge is -2.55. The molecular formula is C8H13ClN2. The second kappa shape index (κ2) is 2.66. The van der Waals surface area contributed by atoms with E-state index in [1.165, 1.54) is 12.8 Å². The van der Waals surface area contributed by atoms with Gasteiger partial charge in [0.1, 0.15) is 0 Å². The normalized spacial score (nSPS) is 46.5. The number of rotatable bonds is 0. The Balaban J connectivity index is 0.000000605. The molecule has 3 heteroatoms. The first-order valence-electron chi connectivity index (χ1n) is 3.89. The minimum Gasteiger partial charge on any atom is -0.328 e. The SMILES string of the molecule is Cl.N#CC1CC2(CC(N)C2)C1. The van der Waals surface area contributed by atoms with Gasteiger partial charge in [-0.1, -0.05) is 0 Å².